The van der Waals surface area contributed by atoms with Crippen molar-refractivity contribution in [2.75, 3.05) is 20.7 Å². The van der Waals surface area contributed by atoms with Crippen molar-refractivity contribution in [2.24, 2.45) is 0 Å². The Morgan fingerprint density at radius 2 is 1.56 bits per heavy atom. The second-order valence-electron chi connectivity index (χ2n) is 7.11. The van der Waals surface area contributed by atoms with E-state index < -0.39 is 10.0 Å². The summed E-state index contributed by atoms with van der Waals surface area (Å²) in [6, 6.07) is 12.2. The highest BCUT2D eigenvalue weighted by Crippen LogP contribution is 2.26. The lowest BCUT2D eigenvalue weighted by atomic mass is 10.3. The Bertz CT molecular complexity index is 1420. The van der Waals surface area contributed by atoms with Gasteiger partial charge in [-0.2, -0.15) is 0 Å². The smallest absolute Gasteiger partial charge is 0.273 e. The normalized spacial score (nSPS) is 11.0. The lowest BCUT2D eigenvalue weighted by Gasteiger charge is -2.10. The standard InChI is InChI=1S/C21H20N8O3S2/c1-13-7-8-22-17(9-13)28-19-10-18(24-12-25-19)27-15-3-5-16(6-4-15)29-34(31,32)20-11-23-21(33-20)26-14(2)30/h3-12,29H,1-2H3,(H,23,26,30)(H2,22,24,25,27,28). The molecule has 0 fully saturated rings. The van der Waals surface area contributed by atoms with Crippen LogP contribution in [0.15, 0.2) is 65.4 Å². The summed E-state index contributed by atoms with van der Waals surface area (Å²) in [6.45, 7) is 3.30. The second kappa shape index (κ2) is 9.80. The molecule has 3 aromatic heterocycles. The highest BCUT2D eigenvalue weighted by molar-refractivity contribution is 7.94. The maximum Gasteiger partial charge on any atom is 0.273 e. The Morgan fingerprint density at radius 1 is 0.882 bits per heavy atom. The van der Waals surface area contributed by atoms with Crippen molar-refractivity contribution in [3.8, 4) is 0 Å². The Morgan fingerprint density at radius 3 is 2.26 bits per heavy atom. The van der Waals surface area contributed by atoms with Crippen LogP contribution in [0, 0.1) is 6.92 Å². The van der Waals surface area contributed by atoms with E-state index >= 15 is 0 Å². The van der Waals surface area contributed by atoms with Crippen molar-refractivity contribution in [3.63, 3.8) is 0 Å². The Kier molecular flexibility index (Phi) is 6.65. The molecule has 0 unspecified atom stereocenters. The number of hydrogen-bond acceptors (Lipinski definition) is 10. The SMILES string of the molecule is CC(=O)Nc1ncc(S(=O)(=O)Nc2ccc(Nc3cc(Nc4cc(C)ccn4)ncn3)cc2)s1. The van der Waals surface area contributed by atoms with Crippen molar-refractivity contribution in [1.82, 2.24) is 19.9 Å². The predicted molar refractivity (Wildman–Crippen MR) is 131 cm³/mol. The van der Waals surface area contributed by atoms with Crippen LogP contribution in [0.5, 0.6) is 0 Å². The minimum Gasteiger partial charge on any atom is -0.340 e. The quantitative estimate of drug-likeness (QED) is 0.285. The molecule has 4 aromatic rings. The van der Waals surface area contributed by atoms with Crippen LogP contribution in [0.4, 0.5) is 34.0 Å². The molecule has 0 aliphatic rings. The average Bonchev–Trinajstić information content (AvgIpc) is 3.24. The fourth-order valence-electron chi connectivity index (χ4n) is 2.80. The van der Waals surface area contributed by atoms with Gasteiger partial charge in [-0.05, 0) is 48.9 Å². The first-order valence-corrected chi connectivity index (χ1v) is 12.2. The van der Waals surface area contributed by atoms with E-state index in [0.717, 1.165) is 16.9 Å². The number of aromatic nitrogens is 4. The first kappa shape index (κ1) is 23.1. The summed E-state index contributed by atoms with van der Waals surface area (Å²) in [7, 11) is -3.84. The summed E-state index contributed by atoms with van der Waals surface area (Å²) in [5, 5.41) is 8.95. The molecule has 174 valence electrons. The molecule has 0 saturated heterocycles. The fourth-order valence-corrected chi connectivity index (χ4v) is 4.93. The van der Waals surface area contributed by atoms with Gasteiger partial charge in [0.25, 0.3) is 10.0 Å². The van der Waals surface area contributed by atoms with Gasteiger partial charge in [-0.25, -0.2) is 28.4 Å². The van der Waals surface area contributed by atoms with Crippen LogP contribution >= 0.6 is 11.3 Å². The molecule has 0 atom stereocenters. The van der Waals surface area contributed by atoms with Crippen LogP contribution < -0.4 is 20.7 Å². The van der Waals surface area contributed by atoms with Gasteiger partial charge in [-0.3, -0.25) is 9.52 Å². The number of carbonyl (C=O) groups excluding carboxylic acids is 1. The third-order valence-corrected chi connectivity index (χ3v) is 7.04. The van der Waals surface area contributed by atoms with Crippen LogP contribution in [-0.4, -0.2) is 34.3 Å². The van der Waals surface area contributed by atoms with E-state index in [9.17, 15) is 13.2 Å². The van der Waals surface area contributed by atoms with Crippen LogP contribution in [0.3, 0.4) is 0 Å². The van der Waals surface area contributed by atoms with E-state index in [2.05, 4.69) is 40.6 Å². The summed E-state index contributed by atoms with van der Waals surface area (Å²) >= 11 is 0.864. The summed E-state index contributed by atoms with van der Waals surface area (Å²) in [5.41, 5.74) is 2.15. The number of carbonyl (C=O) groups is 1. The van der Waals surface area contributed by atoms with Gasteiger partial charge in [0.15, 0.2) is 9.34 Å². The average molecular weight is 497 g/mol. The topological polar surface area (TPSA) is 151 Å². The summed E-state index contributed by atoms with van der Waals surface area (Å²) in [5.74, 6) is 1.47. The van der Waals surface area contributed by atoms with Gasteiger partial charge in [0.05, 0.1) is 6.20 Å². The van der Waals surface area contributed by atoms with E-state index in [0.29, 0.717) is 28.8 Å². The van der Waals surface area contributed by atoms with E-state index in [-0.39, 0.29) is 15.2 Å². The van der Waals surface area contributed by atoms with E-state index in [1.54, 1.807) is 36.5 Å². The summed E-state index contributed by atoms with van der Waals surface area (Å²) in [6.07, 6.45) is 4.33. The van der Waals surface area contributed by atoms with Crippen molar-refractivity contribution < 1.29 is 13.2 Å². The van der Waals surface area contributed by atoms with Crippen molar-refractivity contribution in [2.45, 2.75) is 18.1 Å². The van der Waals surface area contributed by atoms with Gasteiger partial charge in [-0.1, -0.05) is 11.3 Å². The Hall–Kier alpha value is -4.10. The minimum atomic E-state index is -3.84. The van der Waals surface area contributed by atoms with Gasteiger partial charge in [0.2, 0.25) is 5.91 Å². The van der Waals surface area contributed by atoms with Crippen LogP contribution in [0.1, 0.15) is 12.5 Å². The van der Waals surface area contributed by atoms with Crippen LogP contribution in [-0.2, 0) is 14.8 Å². The number of thiazole rings is 1. The first-order chi connectivity index (χ1) is 16.3. The zero-order valence-electron chi connectivity index (χ0n) is 18.1. The number of pyridine rings is 1. The van der Waals surface area contributed by atoms with E-state index in [1.807, 2.05) is 19.1 Å². The third kappa shape index (κ3) is 6.02. The maximum atomic E-state index is 12.6. The molecule has 0 spiro atoms. The number of rotatable bonds is 8. The zero-order chi connectivity index (χ0) is 24.1. The van der Waals surface area contributed by atoms with Gasteiger partial charge in [-0.15, -0.1) is 0 Å². The molecule has 0 aliphatic heterocycles. The highest BCUT2D eigenvalue weighted by Gasteiger charge is 2.18. The Balaban J connectivity index is 1.41. The molecule has 4 N–H and O–H groups in total. The number of nitrogens with one attached hydrogen (secondary N) is 4. The van der Waals surface area contributed by atoms with Gasteiger partial charge in [0.1, 0.15) is 23.8 Å². The molecule has 0 aliphatic carbocycles. The summed E-state index contributed by atoms with van der Waals surface area (Å²) in [4.78, 5) is 27.7. The lowest BCUT2D eigenvalue weighted by molar-refractivity contribution is -0.114. The molecular weight excluding hydrogens is 476 g/mol. The molecular formula is C21H20N8O3S2. The van der Waals surface area contributed by atoms with Crippen molar-refractivity contribution in [3.05, 3.63) is 66.7 Å². The van der Waals surface area contributed by atoms with Crippen LogP contribution in [0.25, 0.3) is 0 Å². The number of benzene rings is 1. The molecule has 1 aromatic carbocycles. The highest BCUT2D eigenvalue weighted by atomic mass is 32.2. The van der Waals surface area contributed by atoms with Crippen molar-refractivity contribution >= 4 is 61.2 Å². The molecule has 0 saturated carbocycles. The second-order valence-corrected chi connectivity index (χ2v) is 10.0. The molecule has 0 radical (unpaired) electrons. The molecule has 13 heteroatoms. The lowest BCUT2D eigenvalue weighted by Crippen LogP contribution is -2.11. The zero-order valence-corrected chi connectivity index (χ0v) is 19.7. The van der Waals surface area contributed by atoms with Gasteiger partial charge < -0.3 is 16.0 Å². The molecule has 3 heterocycles. The molecule has 0 bridgehead atoms. The maximum absolute atomic E-state index is 12.6. The third-order valence-electron chi connectivity index (χ3n) is 4.28. The summed E-state index contributed by atoms with van der Waals surface area (Å²) < 4.78 is 27.7. The van der Waals surface area contributed by atoms with Gasteiger partial charge >= 0.3 is 0 Å². The van der Waals surface area contributed by atoms with Gasteiger partial charge in [0, 0.05) is 30.6 Å². The fraction of sp³-hybridized carbons (Fsp3) is 0.0952. The molecule has 11 nitrogen and oxygen atoms in total. The number of nitrogens with zero attached hydrogens (tertiary/aromatic N) is 4. The van der Waals surface area contributed by atoms with Crippen LogP contribution in [0.2, 0.25) is 0 Å². The monoisotopic (exact) mass is 496 g/mol. The van der Waals surface area contributed by atoms with E-state index in [1.165, 1.54) is 19.4 Å². The Labute approximate surface area is 199 Å². The number of sulfonamides is 1. The largest absolute Gasteiger partial charge is 0.340 e. The molecule has 4 rings (SSSR count). The number of aryl methyl sites for hydroxylation is 1. The number of anilines is 6. The molecule has 1 amide bonds. The van der Waals surface area contributed by atoms with E-state index in [4.69, 9.17) is 0 Å². The molecule has 34 heavy (non-hydrogen) atoms. The minimum absolute atomic E-state index is 0.0115. The number of hydrogen-bond donors (Lipinski definition) is 4. The van der Waals surface area contributed by atoms with Crippen molar-refractivity contribution in [1.29, 1.82) is 0 Å². The number of amides is 1. The predicted octanol–water partition coefficient (Wildman–Crippen LogP) is 3.88. The first-order valence-electron chi connectivity index (χ1n) is 9.92.